The summed E-state index contributed by atoms with van der Waals surface area (Å²) in [4.78, 5) is 0. The van der Waals surface area contributed by atoms with E-state index in [4.69, 9.17) is 5.73 Å². The first-order valence-electron chi connectivity index (χ1n) is 3.74. The van der Waals surface area contributed by atoms with Gasteiger partial charge in [0.25, 0.3) is 0 Å². The number of fused-ring (bicyclic) bond motifs is 1. The van der Waals surface area contributed by atoms with Crippen molar-refractivity contribution < 1.29 is 5.11 Å². The van der Waals surface area contributed by atoms with E-state index in [9.17, 15) is 5.11 Å². The highest BCUT2D eigenvalue weighted by atomic mass is 16.3. The predicted molar refractivity (Wildman–Crippen MR) is 39.6 cm³/mol. The van der Waals surface area contributed by atoms with Crippen molar-refractivity contribution in [2.75, 3.05) is 0 Å². The van der Waals surface area contributed by atoms with Gasteiger partial charge in [-0.15, -0.1) is 0 Å². The van der Waals surface area contributed by atoms with Gasteiger partial charge in [0.05, 0.1) is 5.76 Å². The Balaban J connectivity index is 2.20. The average Bonchev–Trinajstić information content (AvgIpc) is 2.19. The zero-order valence-corrected chi connectivity index (χ0v) is 6.06. The first-order valence-corrected chi connectivity index (χ1v) is 3.74. The summed E-state index contributed by atoms with van der Waals surface area (Å²) in [5.74, 6) is 0.353. The van der Waals surface area contributed by atoms with Gasteiger partial charge in [0.2, 0.25) is 0 Å². The third-order valence-corrected chi connectivity index (χ3v) is 3.09. The molecular formula is C8H13NO. The molecule has 2 bridgehead atoms. The molecule has 3 aliphatic carbocycles. The summed E-state index contributed by atoms with van der Waals surface area (Å²) in [5.41, 5.74) is 6.01. The van der Waals surface area contributed by atoms with Gasteiger partial charge in [0, 0.05) is 11.0 Å². The molecule has 10 heavy (non-hydrogen) atoms. The normalized spacial score (nSPS) is 50.5. The summed E-state index contributed by atoms with van der Waals surface area (Å²) in [5, 5.41) is 9.21. The smallest absolute Gasteiger partial charge is 0.0914 e. The standard InChI is InChI=1S/C8H13NO/c1-6(10)7-2-3-8(9,4-7)5-7/h10H,1-5,9H2. The number of rotatable bonds is 1. The summed E-state index contributed by atoms with van der Waals surface area (Å²) >= 11 is 0. The van der Waals surface area contributed by atoms with E-state index in [-0.39, 0.29) is 11.0 Å². The summed E-state index contributed by atoms with van der Waals surface area (Å²) in [6, 6.07) is 0. The van der Waals surface area contributed by atoms with Crippen LogP contribution in [0.4, 0.5) is 0 Å². The molecule has 0 unspecified atom stereocenters. The Labute approximate surface area is 60.7 Å². The lowest BCUT2D eigenvalue weighted by Crippen LogP contribution is -2.50. The van der Waals surface area contributed by atoms with Gasteiger partial charge in [-0.2, -0.15) is 0 Å². The van der Waals surface area contributed by atoms with Crippen molar-refractivity contribution in [3.63, 3.8) is 0 Å². The number of allylic oxidation sites excluding steroid dienone is 1. The third kappa shape index (κ3) is 0.528. The topological polar surface area (TPSA) is 46.2 Å². The van der Waals surface area contributed by atoms with Crippen molar-refractivity contribution in [1.82, 2.24) is 0 Å². The van der Waals surface area contributed by atoms with Crippen LogP contribution in [0.1, 0.15) is 25.7 Å². The van der Waals surface area contributed by atoms with Crippen LogP contribution >= 0.6 is 0 Å². The van der Waals surface area contributed by atoms with Gasteiger partial charge in [-0.1, -0.05) is 6.58 Å². The van der Waals surface area contributed by atoms with E-state index < -0.39 is 0 Å². The maximum absolute atomic E-state index is 9.21. The molecular weight excluding hydrogens is 126 g/mol. The van der Waals surface area contributed by atoms with Gasteiger partial charge in [-0.05, 0) is 25.7 Å². The van der Waals surface area contributed by atoms with Gasteiger partial charge in [0.15, 0.2) is 0 Å². The Morgan fingerprint density at radius 3 is 2.20 bits per heavy atom. The van der Waals surface area contributed by atoms with Crippen LogP contribution in [0.15, 0.2) is 12.3 Å². The lowest BCUT2D eigenvalue weighted by atomic mass is 9.65. The van der Waals surface area contributed by atoms with E-state index in [1.807, 2.05) is 0 Å². The van der Waals surface area contributed by atoms with Gasteiger partial charge >= 0.3 is 0 Å². The van der Waals surface area contributed by atoms with E-state index in [1.165, 1.54) is 0 Å². The number of hydrogen-bond donors (Lipinski definition) is 2. The maximum Gasteiger partial charge on any atom is 0.0914 e. The summed E-state index contributed by atoms with van der Waals surface area (Å²) in [6.07, 6.45) is 4.01. The zero-order chi connectivity index (χ0) is 7.41. The van der Waals surface area contributed by atoms with Gasteiger partial charge in [0.1, 0.15) is 0 Å². The minimum atomic E-state index is 0.0365. The van der Waals surface area contributed by atoms with E-state index in [0.717, 1.165) is 25.7 Å². The van der Waals surface area contributed by atoms with Gasteiger partial charge < -0.3 is 10.8 Å². The fourth-order valence-electron chi connectivity index (χ4n) is 2.49. The van der Waals surface area contributed by atoms with E-state index in [0.29, 0.717) is 5.76 Å². The van der Waals surface area contributed by atoms with Crippen LogP contribution in [-0.2, 0) is 0 Å². The highest BCUT2D eigenvalue weighted by Crippen LogP contribution is 2.62. The summed E-state index contributed by atoms with van der Waals surface area (Å²) in [7, 11) is 0. The fraction of sp³-hybridized carbons (Fsp3) is 0.750. The first-order chi connectivity index (χ1) is 4.56. The van der Waals surface area contributed by atoms with Gasteiger partial charge in [-0.3, -0.25) is 0 Å². The molecule has 0 aliphatic heterocycles. The molecule has 2 heteroatoms. The molecule has 3 saturated carbocycles. The summed E-state index contributed by atoms with van der Waals surface area (Å²) < 4.78 is 0. The second-order valence-corrected chi connectivity index (χ2v) is 3.94. The SMILES string of the molecule is C=C(O)C12CCC(N)(C1)C2. The van der Waals surface area contributed by atoms with Crippen LogP contribution < -0.4 is 5.73 Å². The predicted octanol–water partition coefficient (Wildman–Crippen LogP) is 1.33. The Morgan fingerprint density at radius 2 is 2.00 bits per heavy atom. The monoisotopic (exact) mass is 139 g/mol. The second kappa shape index (κ2) is 1.40. The highest BCUT2D eigenvalue weighted by Gasteiger charge is 2.60. The Bertz CT molecular complexity index is 191. The lowest BCUT2D eigenvalue weighted by molar-refractivity contribution is 0.102. The molecule has 0 aromatic heterocycles. The van der Waals surface area contributed by atoms with Crippen molar-refractivity contribution in [2.24, 2.45) is 11.1 Å². The Morgan fingerprint density at radius 1 is 1.40 bits per heavy atom. The van der Waals surface area contributed by atoms with Crippen LogP contribution in [0.25, 0.3) is 0 Å². The molecule has 3 fully saturated rings. The molecule has 0 spiro atoms. The molecule has 0 atom stereocenters. The molecule has 0 radical (unpaired) electrons. The van der Waals surface area contributed by atoms with Crippen molar-refractivity contribution >= 4 is 0 Å². The second-order valence-electron chi connectivity index (χ2n) is 3.94. The molecule has 2 nitrogen and oxygen atoms in total. The number of aliphatic hydroxyl groups excluding tert-OH is 1. The lowest BCUT2D eigenvalue weighted by Gasteiger charge is -2.44. The molecule has 0 saturated heterocycles. The maximum atomic E-state index is 9.21. The van der Waals surface area contributed by atoms with Crippen molar-refractivity contribution in [3.05, 3.63) is 12.3 Å². The first kappa shape index (κ1) is 6.23. The number of aliphatic hydroxyl groups is 1. The van der Waals surface area contributed by atoms with Crippen LogP contribution in [0.2, 0.25) is 0 Å². The van der Waals surface area contributed by atoms with E-state index in [1.54, 1.807) is 0 Å². The molecule has 0 aromatic rings. The quantitative estimate of drug-likeness (QED) is 0.538. The molecule has 0 amide bonds. The molecule has 3 N–H and O–H groups in total. The van der Waals surface area contributed by atoms with Gasteiger partial charge in [-0.25, -0.2) is 0 Å². The fourth-order valence-corrected chi connectivity index (χ4v) is 2.49. The van der Waals surface area contributed by atoms with Crippen LogP contribution in [0, 0.1) is 5.41 Å². The largest absolute Gasteiger partial charge is 0.512 e. The zero-order valence-electron chi connectivity index (χ0n) is 6.06. The Kier molecular flexibility index (Phi) is 0.870. The molecule has 3 aliphatic rings. The molecule has 0 heterocycles. The minimum absolute atomic E-state index is 0.0365. The Hall–Kier alpha value is -0.500. The van der Waals surface area contributed by atoms with Crippen LogP contribution in [-0.4, -0.2) is 10.6 Å². The minimum Gasteiger partial charge on any atom is -0.512 e. The number of nitrogens with two attached hydrogens (primary N) is 1. The summed E-state index contributed by atoms with van der Waals surface area (Å²) in [6.45, 7) is 3.58. The highest BCUT2D eigenvalue weighted by molar-refractivity contribution is 5.23. The van der Waals surface area contributed by atoms with Crippen LogP contribution in [0.3, 0.4) is 0 Å². The van der Waals surface area contributed by atoms with Crippen molar-refractivity contribution in [1.29, 1.82) is 0 Å². The third-order valence-electron chi connectivity index (χ3n) is 3.09. The molecule has 56 valence electrons. The van der Waals surface area contributed by atoms with Crippen molar-refractivity contribution in [3.8, 4) is 0 Å². The van der Waals surface area contributed by atoms with E-state index in [2.05, 4.69) is 6.58 Å². The van der Waals surface area contributed by atoms with E-state index >= 15 is 0 Å². The average molecular weight is 139 g/mol. The number of hydrogen-bond acceptors (Lipinski definition) is 2. The molecule has 0 aromatic carbocycles. The van der Waals surface area contributed by atoms with Crippen LogP contribution in [0.5, 0.6) is 0 Å². The van der Waals surface area contributed by atoms with Crippen molar-refractivity contribution in [2.45, 2.75) is 31.2 Å². The molecule has 3 rings (SSSR count).